The van der Waals surface area contributed by atoms with E-state index in [1.165, 1.54) is 5.56 Å². The molecule has 0 bridgehead atoms. The molecule has 2 N–H and O–H groups in total. The molecular weight excluding hydrogens is 210 g/mol. The monoisotopic (exact) mass is 229 g/mol. The van der Waals surface area contributed by atoms with E-state index in [4.69, 9.17) is 0 Å². The molecule has 3 nitrogen and oxygen atoms in total. The van der Waals surface area contributed by atoms with Crippen molar-refractivity contribution in [3.63, 3.8) is 0 Å². The quantitative estimate of drug-likeness (QED) is 0.799. The van der Waals surface area contributed by atoms with E-state index >= 15 is 0 Å². The van der Waals surface area contributed by atoms with Crippen LogP contribution in [0.4, 0.5) is 0 Å². The number of hydrogen-bond acceptors (Lipinski definition) is 2. The molecule has 0 radical (unpaired) electrons. The predicted molar refractivity (Wildman–Crippen MR) is 69.8 cm³/mol. The molecule has 1 aromatic heterocycles. The number of nitrogens with one attached hydrogen (secondary N) is 2. The van der Waals surface area contributed by atoms with Crippen molar-refractivity contribution in [3.8, 4) is 0 Å². The number of hydrogen-bond donors (Lipinski definition) is 2. The van der Waals surface area contributed by atoms with Crippen molar-refractivity contribution in [1.29, 1.82) is 0 Å². The van der Waals surface area contributed by atoms with Crippen LogP contribution in [0.2, 0.25) is 0 Å². The van der Waals surface area contributed by atoms with Gasteiger partial charge in [0.25, 0.3) is 0 Å². The molecule has 1 heterocycles. The first kappa shape index (κ1) is 11.9. The molecule has 2 aromatic rings. The Hall–Kier alpha value is -1.61. The largest absolute Gasteiger partial charge is 0.349 e. The summed E-state index contributed by atoms with van der Waals surface area (Å²) in [4.78, 5) is 7.33. The van der Waals surface area contributed by atoms with Crippen LogP contribution in [0, 0.1) is 0 Å². The minimum Gasteiger partial charge on any atom is -0.349 e. The summed E-state index contributed by atoms with van der Waals surface area (Å²) in [6, 6.07) is 11.0. The highest BCUT2D eigenvalue weighted by molar-refractivity contribution is 5.18. The smallest absolute Gasteiger partial charge is 0.107 e. The lowest BCUT2D eigenvalue weighted by Gasteiger charge is -2.16. The first-order chi connectivity index (χ1) is 8.40. The third-order valence-corrected chi connectivity index (χ3v) is 2.92. The Morgan fingerprint density at radius 3 is 2.76 bits per heavy atom. The Labute approximate surface area is 102 Å². The number of imidazole rings is 1. The van der Waals surface area contributed by atoms with Crippen molar-refractivity contribution < 1.29 is 0 Å². The average molecular weight is 229 g/mol. The molecule has 0 saturated heterocycles. The third kappa shape index (κ3) is 3.43. The number of H-pyrrole nitrogens is 1. The Bertz CT molecular complexity index is 408. The normalized spacial score (nSPS) is 12.5. The van der Waals surface area contributed by atoms with Gasteiger partial charge in [0.15, 0.2) is 0 Å². The first-order valence-electron chi connectivity index (χ1n) is 6.16. The maximum atomic E-state index is 4.22. The molecule has 0 saturated carbocycles. The van der Waals surface area contributed by atoms with Crippen LogP contribution in [0.5, 0.6) is 0 Å². The summed E-state index contributed by atoms with van der Waals surface area (Å²) in [6.07, 6.45) is 5.70. The molecule has 0 aliphatic heterocycles. The lowest BCUT2D eigenvalue weighted by molar-refractivity contribution is 0.519. The molecule has 1 atom stereocenters. The molecular formula is C14H19N3. The summed E-state index contributed by atoms with van der Waals surface area (Å²) in [5.74, 6) is 1.04. The summed E-state index contributed by atoms with van der Waals surface area (Å²) in [6.45, 7) is 3.15. The lowest BCUT2D eigenvalue weighted by Crippen LogP contribution is -2.23. The highest BCUT2D eigenvalue weighted by atomic mass is 14.9. The highest BCUT2D eigenvalue weighted by Crippen LogP contribution is 2.15. The zero-order valence-electron chi connectivity index (χ0n) is 10.2. The molecule has 2 rings (SSSR count). The van der Waals surface area contributed by atoms with Gasteiger partial charge in [-0.25, -0.2) is 4.98 Å². The Morgan fingerprint density at radius 1 is 1.29 bits per heavy atom. The van der Waals surface area contributed by atoms with Crippen LogP contribution in [-0.2, 0) is 6.42 Å². The molecule has 0 aliphatic rings. The van der Waals surface area contributed by atoms with E-state index in [-0.39, 0.29) is 0 Å². The fourth-order valence-electron chi connectivity index (χ4n) is 1.98. The summed E-state index contributed by atoms with van der Waals surface area (Å²) in [5.41, 5.74) is 1.36. The number of rotatable bonds is 6. The second-order valence-corrected chi connectivity index (χ2v) is 4.11. The van der Waals surface area contributed by atoms with Gasteiger partial charge in [0.05, 0.1) is 0 Å². The van der Waals surface area contributed by atoms with Gasteiger partial charge < -0.3 is 10.3 Å². The molecule has 90 valence electrons. The van der Waals surface area contributed by atoms with E-state index in [2.05, 4.69) is 52.5 Å². The molecule has 0 aliphatic carbocycles. The zero-order valence-corrected chi connectivity index (χ0v) is 10.2. The minimum absolute atomic E-state index is 0.436. The average Bonchev–Trinajstić information content (AvgIpc) is 2.89. The minimum atomic E-state index is 0.436. The molecule has 1 unspecified atom stereocenters. The second kappa shape index (κ2) is 6.21. The van der Waals surface area contributed by atoms with Crippen molar-refractivity contribution in [3.05, 3.63) is 54.1 Å². The van der Waals surface area contributed by atoms with Gasteiger partial charge >= 0.3 is 0 Å². The van der Waals surface area contributed by atoms with Gasteiger partial charge in [-0.1, -0.05) is 37.3 Å². The Kier molecular flexibility index (Phi) is 4.33. The summed E-state index contributed by atoms with van der Waals surface area (Å²) in [7, 11) is 0. The second-order valence-electron chi connectivity index (χ2n) is 4.11. The van der Waals surface area contributed by atoms with Gasteiger partial charge in [0.1, 0.15) is 5.82 Å². The van der Waals surface area contributed by atoms with Gasteiger partial charge in [0, 0.05) is 31.4 Å². The predicted octanol–water partition coefficient (Wildman–Crippen LogP) is 2.69. The van der Waals surface area contributed by atoms with E-state index < -0.39 is 0 Å². The SMILES string of the molecule is CCC(NCCc1ncc[nH]1)c1ccccc1. The maximum absolute atomic E-state index is 4.22. The standard InChI is InChI=1S/C14H19N3/c1-2-13(12-6-4-3-5-7-12)15-9-8-14-16-10-11-17-14/h3-7,10-11,13,15H,2,8-9H2,1H3,(H,16,17). The van der Waals surface area contributed by atoms with E-state index in [0.29, 0.717) is 6.04 Å². The molecule has 0 fully saturated rings. The van der Waals surface area contributed by atoms with Crippen LogP contribution < -0.4 is 5.32 Å². The van der Waals surface area contributed by atoms with E-state index in [1.54, 1.807) is 6.20 Å². The van der Waals surface area contributed by atoms with Crippen LogP contribution >= 0.6 is 0 Å². The molecule has 0 amide bonds. The van der Waals surface area contributed by atoms with Crippen LogP contribution in [0.25, 0.3) is 0 Å². The molecule has 17 heavy (non-hydrogen) atoms. The molecule has 0 spiro atoms. The van der Waals surface area contributed by atoms with Crippen LogP contribution in [0.1, 0.15) is 30.8 Å². The summed E-state index contributed by atoms with van der Waals surface area (Å²) < 4.78 is 0. The van der Waals surface area contributed by atoms with Crippen LogP contribution in [0.3, 0.4) is 0 Å². The van der Waals surface area contributed by atoms with E-state index in [9.17, 15) is 0 Å². The number of aromatic nitrogens is 2. The number of aromatic amines is 1. The van der Waals surface area contributed by atoms with Gasteiger partial charge in [-0.3, -0.25) is 0 Å². The van der Waals surface area contributed by atoms with Crippen molar-refractivity contribution in [1.82, 2.24) is 15.3 Å². The fraction of sp³-hybridized carbons (Fsp3) is 0.357. The molecule has 3 heteroatoms. The lowest BCUT2D eigenvalue weighted by atomic mass is 10.0. The zero-order chi connectivity index (χ0) is 11.9. The molecule has 1 aromatic carbocycles. The first-order valence-corrected chi connectivity index (χ1v) is 6.16. The van der Waals surface area contributed by atoms with Crippen LogP contribution in [-0.4, -0.2) is 16.5 Å². The van der Waals surface area contributed by atoms with E-state index in [1.807, 2.05) is 6.20 Å². The Morgan fingerprint density at radius 2 is 2.12 bits per heavy atom. The van der Waals surface area contributed by atoms with Gasteiger partial charge in [-0.15, -0.1) is 0 Å². The van der Waals surface area contributed by atoms with Crippen LogP contribution in [0.15, 0.2) is 42.7 Å². The topological polar surface area (TPSA) is 40.7 Å². The van der Waals surface area contributed by atoms with Gasteiger partial charge in [-0.05, 0) is 12.0 Å². The third-order valence-electron chi connectivity index (χ3n) is 2.92. The van der Waals surface area contributed by atoms with Crippen molar-refractivity contribution in [2.75, 3.05) is 6.54 Å². The van der Waals surface area contributed by atoms with Gasteiger partial charge in [-0.2, -0.15) is 0 Å². The summed E-state index contributed by atoms with van der Waals surface area (Å²) >= 11 is 0. The highest BCUT2D eigenvalue weighted by Gasteiger charge is 2.07. The summed E-state index contributed by atoms with van der Waals surface area (Å²) in [5, 5.41) is 3.56. The fourth-order valence-corrected chi connectivity index (χ4v) is 1.98. The van der Waals surface area contributed by atoms with Gasteiger partial charge in [0.2, 0.25) is 0 Å². The van der Waals surface area contributed by atoms with Crippen molar-refractivity contribution in [2.24, 2.45) is 0 Å². The maximum Gasteiger partial charge on any atom is 0.107 e. The van der Waals surface area contributed by atoms with Crippen molar-refractivity contribution >= 4 is 0 Å². The Balaban J connectivity index is 1.84. The van der Waals surface area contributed by atoms with Crippen molar-refractivity contribution in [2.45, 2.75) is 25.8 Å². The number of benzene rings is 1. The van der Waals surface area contributed by atoms with E-state index in [0.717, 1.165) is 25.2 Å². The number of nitrogens with zero attached hydrogens (tertiary/aromatic N) is 1.